The summed E-state index contributed by atoms with van der Waals surface area (Å²) < 4.78 is 5.53. The van der Waals surface area contributed by atoms with Crippen LogP contribution in [-0.4, -0.2) is 6.61 Å². The normalized spacial score (nSPS) is 16.8. The molecule has 0 bridgehead atoms. The van der Waals surface area contributed by atoms with Gasteiger partial charge in [0.15, 0.2) is 0 Å². The molecule has 12 heavy (non-hydrogen) atoms. The van der Waals surface area contributed by atoms with Gasteiger partial charge in [0.1, 0.15) is 0 Å². The lowest BCUT2D eigenvalue weighted by molar-refractivity contribution is 0.161. The minimum Gasteiger partial charge on any atom is -0.498 e. The zero-order valence-electron chi connectivity index (χ0n) is 9.11. The number of rotatable bonds is 1. The Morgan fingerprint density at radius 1 is 1.25 bits per heavy atom. The molecule has 0 aromatic carbocycles. The molecule has 0 unspecified atom stereocenters. The molecule has 0 aromatic heterocycles. The van der Waals surface area contributed by atoms with E-state index in [2.05, 4.69) is 20.8 Å². The van der Waals surface area contributed by atoms with Gasteiger partial charge in [0.25, 0.3) is 0 Å². The fourth-order valence-corrected chi connectivity index (χ4v) is 1.43. The SMILES string of the molecule is CC.CC1=C(C(C)C)OCCC1. The van der Waals surface area contributed by atoms with Gasteiger partial charge < -0.3 is 4.74 Å². The predicted molar refractivity (Wildman–Crippen MR) is 54.1 cm³/mol. The molecule has 1 aliphatic rings. The zero-order chi connectivity index (χ0) is 9.56. The number of hydrogen-bond donors (Lipinski definition) is 0. The number of hydrogen-bond acceptors (Lipinski definition) is 1. The second-order valence-corrected chi connectivity index (χ2v) is 3.25. The Kier molecular flexibility index (Phi) is 5.87. The largest absolute Gasteiger partial charge is 0.498 e. The van der Waals surface area contributed by atoms with E-state index in [4.69, 9.17) is 4.74 Å². The van der Waals surface area contributed by atoms with Gasteiger partial charge in [-0.1, -0.05) is 27.7 Å². The van der Waals surface area contributed by atoms with Gasteiger partial charge in [-0.3, -0.25) is 0 Å². The van der Waals surface area contributed by atoms with Crippen LogP contribution in [0.5, 0.6) is 0 Å². The van der Waals surface area contributed by atoms with Crippen molar-refractivity contribution >= 4 is 0 Å². The molecule has 0 amide bonds. The van der Waals surface area contributed by atoms with Gasteiger partial charge in [0.05, 0.1) is 12.4 Å². The highest BCUT2D eigenvalue weighted by molar-refractivity contribution is 5.09. The Morgan fingerprint density at radius 2 is 1.83 bits per heavy atom. The van der Waals surface area contributed by atoms with E-state index in [0.717, 1.165) is 6.61 Å². The second-order valence-electron chi connectivity index (χ2n) is 3.25. The third-order valence-electron chi connectivity index (χ3n) is 1.90. The second kappa shape index (κ2) is 6.10. The first kappa shape index (κ1) is 11.5. The van der Waals surface area contributed by atoms with E-state index < -0.39 is 0 Å². The lowest BCUT2D eigenvalue weighted by atomic mass is 10.0. The fraction of sp³-hybridized carbons (Fsp3) is 0.818. The van der Waals surface area contributed by atoms with Gasteiger partial charge in [0.2, 0.25) is 0 Å². The molecule has 0 aromatic rings. The smallest absolute Gasteiger partial charge is 0.0974 e. The summed E-state index contributed by atoms with van der Waals surface area (Å²) in [5.41, 5.74) is 1.45. The molecule has 0 saturated heterocycles. The van der Waals surface area contributed by atoms with Crippen LogP contribution in [0.3, 0.4) is 0 Å². The van der Waals surface area contributed by atoms with Crippen LogP contribution < -0.4 is 0 Å². The first-order chi connectivity index (χ1) is 5.72. The quantitative estimate of drug-likeness (QED) is 0.582. The molecule has 0 atom stereocenters. The van der Waals surface area contributed by atoms with Crippen molar-refractivity contribution in [3.05, 3.63) is 11.3 Å². The summed E-state index contributed by atoms with van der Waals surface area (Å²) in [7, 11) is 0. The van der Waals surface area contributed by atoms with Crippen molar-refractivity contribution in [3.8, 4) is 0 Å². The molecule has 1 aliphatic heterocycles. The molecular formula is C11H22O. The Hall–Kier alpha value is -0.460. The van der Waals surface area contributed by atoms with Crippen LogP contribution in [0.4, 0.5) is 0 Å². The van der Waals surface area contributed by atoms with Crippen LogP contribution in [-0.2, 0) is 4.74 Å². The molecule has 72 valence electrons. The highest BCUT2D eigenvalue weighted by atomic mass is 16.5. The van der Waals surface area contributed by atoms with Crippen LogP contribution in [0.25, 0.3) is 0 Å². The minimum absolute atomic E-state index is 0.570. The van der Waals surface area contributed by atoms with Gasteiger partial charge in [0, 0.05) is 5.92 Å². The average molecular weight is 170 g/mol. The minimum atomic E-state index is 0.570. The van der Waals surface area contributed by atoms with Crippen LogP contribution in [0.2, 0.25) is 0 Å². The first-order valence-electron chi connectivity index (χ1n) is 5.04. The third kappa shape index (κ3) is 3.29. The van der Waals surface area contributed by atoms with E-state index in [1.165, 1.54) is 24.2 Å². The predicted octanol–water partition coefficient (Wildman–Crippen LogP) is 3.75. The zero-order valence-corrected chi connectivity index (χ0v) is 9.11. The topological polar surface area (TPSA) is 9.23 Å². The molecule has 0 spiro atoms. The van der Waals surface area contributed by atoms with Gasteiger partial charge >= 0.3 is 0 Å². The highest BCUT2D eigenvalue weighted by Crippen LogP contribution is 2.23. The van der Waals surface area contributed by atoms with E-state index in [-0.39, 0.29) is 0 Å². The summed E-state index contributed by atoms with van der Waals surface area (Å²) in [6, 6.07) is 0. The van der Waals surface area contributed by atoms with Crippen molar-refractivity contribution in [1.29, 1.82) is 0 Å². The summed E-state index contributed by atoms with van der Waals surface area (Å²) in [5.74, 6) is 1.80. The first-order valence-corrected chi connectivity index (χ1v) is 5.04. The summed E-state index contributed by atoms with van der Waals surface area (Å²) in [6.45, 7) is 11.5. The van der Waals surface area contributed by atoms with Crippen LogP contribution in [0.1, 0.15) is 47.5 Å². The van der Waals surface area contributed by atoms with Crippen molar-refractivity contribution in [2.75, 3.05) is 6.61 Å². The molecule has 1 nitrogen and oxygen atoms in total. The van der Waals surface area contributed by atoms with E-state index in [0.29, 0.717) is 5.92 Å². The Bertz CT molecular complexity index is 145. The summed E-state index contributed by atoms with van der Waals surface area (Å²) >= 11 is 0. The number of ether oxygens (including phenoxy) is 1. The molecular weight excluding hydrogens is 148 g/mol. The van der Waals surface area contributed by atoms with Gasteiger partial charge in [-0.25, -0.2) is 0 Å². The highest BCUT2D eigenvalue weighted by Gasteiger charge is 2.12. The summed E-state index contributed by atoms with van der Waals surface area (Å²) in [4.78, 5) is 0. The van der Waals surface area contributed by atoms with E-state index in [9.17, 15) is 0 Å². The van der Waals surface area contributed by atoms with E-state index in [1.54, 1.807) is 0 Å². The molecule has 1 heteroatoms. The fourth-order valence-electron chi connectivity index (χ4n) is 1.43. The van der Waals surface area contributed by atoms with Crippen LogP contribution in [0, 0.1) is 5.92 Å². The molecule has 0 fully saturated rings. The van der Waals surface area contributed by atoms with Gasteiger partial charge in [-0.05, 0) is 25.3 Å². The Balaban J connectivity index is 0.000000561. The van der Waals surface area contributed by atoms with Gasteiger partial charge in [-0.15, -0.1) is 0 Å². The van der Waals surface area contributed by atoms with Crippen molar-refractivity contribution < 1.29 is 4.74 Å². The van der Waals surface area contributed by atoms with Crippen LogP contribution >= 0.6 is 0 Å². The van der Waals surface area contributed by atoms with Crippen LogP contribution in [0.15, 0.2) is 11.3 Å². The number of allylic oxidation sites excluding steroid dienone is 2. The maximum atomic E-state index is 5.53. The summed E-state index contributed by atoms with van der Waals surface area (Å²) in [6.07, 6.45) is 2.43. The molecule has 1 rings (SSSR count). The van der Waals surface area contributed by atoms with Crippen molar-refractivity contribution in [2.24, 2.45) is 5.92 Å². The maximum absolute atomic E-state index is 5.53. The Labute approximate surface area is 76.8 Å². The molecule has 0 N–H and O–H groups in total. The molecule has 1 heterocycles. The van der Waals surface area contributed by atoms with Crippen molar-refractivity contribution in [3.63, 3.8) is 0 Å². The lowest BCUT2D eigenvalue weighted by Crippen LogP contribution is -2.09. The molecule has 0 saturated carbocycles. The third-order valence-corrected chi connectivity index (χ3v) is 1.90. The van der Waals surface area contributed by atoms with E-state index >= 15 is 0 Å². The maximum Gasteiger partial charge on any atom is 0.0974 e. The summed E-state index contributed by atoms with van der Waals surface area (Å²) in [5, 5.41) is 0. The van der Waals surface area contributed by atoms with Crippen molar-refractivity contribution in [2.45, 2.75) is 47.5 Å². The Morgan fingerprint density at radius 3 is 2.17 bits per heavy atom. The average Bonchev–Trinajstić information content (AvgIpc) is 2.08. The molecule has 0 radical (unpaired) electrons. The molecule has 0 aliphatic carbocycles. The lowest BCUT2D eigenvalue weighted by Gasteiger charge is -2.21. The van der Waals surface area contributed by atoms with Crippen molar-refractivity contribution in [1.82, 2.24) is 0 Å². The monoisotopic (exact) mass is 170 g/mol. The van der Waals surface area contributed by atoms with Gasteiger partial charge in [-0.2, -0.15) is 0 Å². The van der Waals surface area contributed by atoms with E-state index in [1.807, 2.05) is 13.8 Å². The standard InChI is InChI=1S/C9H16O.C2H6/c1-7(2)9-8(3)5-4-6-10-9;1-2/h7H,4-6H2,1-3H3;1-2H3.